The second kappa shape index (κ2) is 8.17. The number of hydrogen-bond donors (Lipinski definition) is 3. The minimum atomic E-state index is -4.56. The normalized spacial score (nSPS) is 12.9. The van der Waals surface area contributed by atoms with Gasteiger partial charge in [-0.05, 0) is 12.0 Å². The Hall–Kier alpha value is -1.20. The topological polar surface area (TPSA) is 95.9 Å². The minimum Gasteiger partial charge on any atom is -0.347 e. The number of nitrogens with one attached hydrogen (secondary N) is 1. The predicted octanol–water partition coefficient (Wildman–Crippen LogP) is 2.14. The highest BCUT2D eigenvalue weighted by atomic mass is 31.2. The second-order valence-electron chi connectivity index (χ2n) is 4.42. The fraction of sp³-hybridized carbons (Fsp3) is 0.462. The molecule has 0 heterocycles. The van der Waals surface area contributed by atoms with Crippen molar-refractivity contribution in [3.8, 4) is 0 Å². The van der Waals surface area contributed by atoms with Gasteiger partial charge < -0.3 is 15.1 Å². The number of rotatable bonds is 8. The largest absolute Gasteiger partial charge is 0.469 e. The molecular weight excluding hydrogens is 281 g/mol. The van der Waals surface area contributed by atoms with Gasteiger partial charge in [0.25, 0.3) is 0 Å². The van der Waals surface area contributed by atoms with E-state index in [0.29, 0.717) is 6.42 Å². The molecule has 3 N–H and O–H groups in total. The van der Waals surface area contributed by atoms with E-state index in [-0.39, 0.29) is 12.5 Å². The van der Waals surface area contributed by atoms with Crippen molar-refractivity contribution in [3.05, 3.63) is 35.9 Å². The molecule has 0 spiro atoms. The van der Waals surface area contributed by atoms with Crippen molar-refractivity contribution in [2.75, 3.05) is 6.61 Å². The molecule has 0 radical (unpaired) electrons. The Morgan fingerprint density at radius 3 is 2.55 bits per heavy atom. The van der Waals surface area contributed by atoms with Crippen LogP contribution < -0.4 is 5.32 Å². The number of amides is 1. The van der Waals surface area contributed by atoms with Gasteiger partial charge in [-0.15, -0.1) is 0 Å². The Labute approximate surface area is 118 Å². The second-order valence-corrected chi connectivity index (χ2v) is 5.66. The van der Waals surface area contributed by atoms with E-state index in [9.17, 15) is 9.36 Å². The molecule has 0 aliphatic rings. The van der Waals surface area contributed by atoms with Crippen molar-refractivity contribution in [1.29, 1.82) is 0 Å². The maximum Gasteiger partial charge on any atom is 0.469 e. The Balaban J connectivity index is 2.69. The van der Waals surface area contributed by atoms with E-state index in [1.54, 1.807) is 24.3 Å². The van der Waals surface area contributed by atoms with Crippen molar-refractivity contribution >= 4 is 13.7 Å². The number of carbonyl (C=O) groups excluding carboxylic acids is 1. The maximum absolute atomic E-state index is 11.7. The van der Waals surface area contributed by atoms with Crippen LogP contribution in [0, 0.1) is 0 Å². The number of hydrogen-bond acceptors (Lipinski definition) is 3. The van der Waals surface area contributed by atoms with Gasteiger partial charge >= 0.3 is 7.82 Å². The van der Waals surface area contributed by atoms with Crippen LogP contribution in [0.3, 0.4) is 0 Å². The lowest BCUT2D eigenvalue weighted by Gasteiger charge is -2.19. The summed E-state index contributed by atoms with van der Waals surface area (Å²) in [5.41, 5.74) is 0.741. The molecule has 7 heteroatoms. The summed E-state index contributed by atoms with van der Waals surface area (Å²) in [6, 6.07) is 8.37. The summed E-state index contributed by atoms with van der Waals surface area (Å²) in [6.07, 6.45) is 2.06. The molecule has 6 nitrogen and oxygen atoms in total. The average molecular weight is 301 g/mol. The summed E-state index contributed by atoms with van der Waals surface area (Å²) >= 11 is 0. The molecule has 0 saturated heterocycles. The molecule has 1 aromatic carbocycles. The summed E-state index contributed by atoms with van der Waals surface area (Å²) in [4.78, 5) is 29.3. The van der Waals surface area contributed by atoms with E-state index >= 15 is 0 Å². The van der Waals surface area contributed by atoms with Gasteiger partial charge in [-0.2, -0.15) is 0 Å². The number of phosphoric acid groups is 1. The van der Waals surface area contributed by atoms with Crippen molar-refractivity contribution in [2.24, 2.45) is 0 Å². The van der Waals surface area contributed by atoms with Crippen molar-refractivity contribution in [2.45, 2.75) is 32.2 Å². The fourth-order valence-electron chi connectivity index (χ4n) is 1.68. The maximum atomic E-state index is 11.7. The SMILES string of the molecule is CCCCC(=O)N[C@@H](COP(=O)(O)O)c1ccccc1. The summed E-state index contributed by atoms with van der Waals surface area (Å²) in [7, 11) is -4.56. The van der Waals surface area contributed by atoms with Gasteiger partial charge in [0.1, 0.15) is 0 Å². The highest BCUT2D eigenvalue weighted by Gasteiger charge is 2.20. The molecule has 1 rings (SSSR count). The van der Waals surface area contributed by atoms with Gasteiger partial charge in [0, 0.05) is 6.42 Å². The Kier molecular flexibility index (Phi) is 6.88. The van der Waals surface area contributed by atoms with Crippen molar-refractivity contribution < 1.29 is 23.7 Å². The number of benzene rings is 1. The van der Waals surface area contributed by atoms with E-state index in [4.69, 9.17) is 9.79 Å². The third-order valence-electron chi connectivity index (χ3n) is 2.70. The molecule has 20 heavy (non-hydrogen) atoms. The Bertz CT molecular complexity index is 459. The summed E-state index contributed by atoms with van der Waals surface area (Å²) in [5.74, 6) is -0.157. The quantitative estimate of drug-likeness (QED) is 0.639. The van der Waals surface area contributed by atoms with Gasteiger partial charge in [0.05, 0.1) is 12.6 Å². The van der Waals surface area contributed by atoms with E-state index in [0.717, 1.165) is 18.4 Å². The first kappa shape index (κ1) is 16.9. The Morgan fingerprint density at radius 2 is 2.00 bits per heavy atom. The van der Waals surface area contributed by atoms with E-state index in [2.05, 4.69) is 9.84 Å². The summed E-state index contributed by atoms with van der Waals surface area (Å²) in [6.45, 7) is 1.71. The molecule has 0 aliphatic heterocycles. The van der Waals surface area contributed by atoms with Crippen LogP contribution in [0.2, 0.25) is 0 Å². The third kappa shape index (κ3) is 6.82. The van der Waals surface area contributed by atoms with Gasteiger partial charge in [0.15, 0.2) is 0 Å². The zero-order valence-corrected chi connectivity index (χ0v) is 12.3. The van der Waals surface area contributed by atoms with Crippen LogP contribution in [0.4, 0.5) is 0 Å². The van der Waals surface area contributed by atoms with Crippen LogP contribution in [-0.2, 0) is 13.9 Å². The van der Waals surface area contributed by atoms with Gasteiger partial charge in [0.2, 0.25) is 5.91 Å². The lowest BCUT2D eigenvalue weighted by Crippen LogP contribution is -2.31. The van der Waals surface area contributed by atoms with Crippen molar-refractivity contribution in [3.63, 3.8) is 0 Å². The molecule has 0 unspecified atom stereocenters. The van der Waals surface area contributed by atoms with Gasteiger partial charge in [-0.25, -0.2) is 4.57 Å². The molecule has 112 valence electrons. The zero-order valence-electron chi connectivity index (χ0n) is 11.4. The third-order valence-corrected chi connectivity index (χ3v) is 3.19. The van der Waals surface area contributed by atoms with Crippen LogP contribution in [0.5, 0.6) is 0 Å². The molecule has 0 bridgehead atoms. The molecule has 1 aromatic rings. The van der Waals surface area contributed by atoms with Crippen LogP contribution in [0.1, 0.15) is 37.8 Å². The lowest BCUT2D eigenvalue weighted by atomic mass is 10.1. The van der Waals surface area contributed by atoms with E-state index in [1.807, 2.05) is 13.0 Å². The van der Waals surface area contributed by atoms with Gasteiger partial charge in [-0.1, -0.05) is 43.7 Å². The van der Waals surface area contributed by atoms with Crippen LogP contribution in [0.15, 0.2) is 30.3 Å². The molecule has 1 atom stereocenters. The monoisotopic (exact) mass is 301 g/mol. The fourth-order valence-corrected chi connectivity index (χ4v) is 2.03. The van der Waals surface area contributed by atoms with Crippen LogP contribution in [0.25, 0.3) is 0 Å². The van der Waals surface area contributed by atoms with Gasteiger partial charge in [-0.3, -0.25) is 9.32 Å². The molecule has 0 saturated carbocycles. The first-order valence-corrected chi connectivity index (χ1v) is 8.00. The average Bonchev–Trinajstić information content (AvgIpc) is 2.41. The smallest absolute Gasteiger partial charge is 0.347 e. The highest BCUT2D eigenvalue weighted by molar-refractivity contribution is 7.46. The standard InChI is InChI=1S/C13H20NO5P/c1-2-3-9-13(15)14-12(10-19-20(16,17)18)11-7-5-4-6-8-11/h4-8,12H,2-3,9-10H2,1H3,(H,14,15)(H2,16,17,18)/t12-/m0/s1. The lowest BCUT2D eigenvalue weighted by molar-refractivity contribution is -0.122. The zero-order chi connectivity index (χ0) is 15.0. The van der Waals surface area contributed by atoms with E-state index in [1.165, 1.54) is 0 Å². The number of carbonyl (C=O) groups is 1. The summed E-state index contributed by atoms with van der Waals surface area (Å²) < 4.78 is 15.3. The summed E-state index contributed by atoms with van der Waals surface area (Å²) in [5, 5.41) is 2.73. The predicted molar refractivity (Wildman–Crippen MR) is 74.8 cm³/mol. The number of unbranched alkanes of at least 4 members (excludes halogenated alkanes) is 1. The highest BCUT2D eigenvalue weighted by Crippen LogP contribution is 2.37. The first-order chi connectivity index (χ1) is 9.42. The molecule has 0 aliphatic carbocycles. The van der Waals surface area contributed by atoms with E-state index < -0.39 is 13.9 Å². The van der Waals surface area contributed by atoms with Crippen LogP contribution >= 0.6 is 7.82 Å². The minimum absolute atomic E-state index is 0.157. The molecule has 0 aromatic heterocycles. The van der Waals surface area contributed by atoms with Crippen LogP contribution in [-0.4, -0.2) is 22.3 Å². The molecule has 0 fully saturated rings. The number of phosphoric ester groups is 1. The molecule has 1 amide bonds. The van der Waals surface area contributed by atoms with Crippen molar-refractivity contribution in [1.82, 2.24) is 5.32 Å². The molecular formula is C13H20NO5P. The Morgan fingerprint density at radius 1 is 1.35 bits per heavy atom. The first-order valence-electron chi connectivity index (χ1n) is 6.46.